The molecule has 2 unspecified atom stereocenters. The van der Waals surface area contributed by atoms with Crippen molar-refractivity contribution >= 4 is 11.6 Å². The summed E-state index contributed by atoms with van der Waals surface area (Å²) in [4.78, 5) is 20.2. The summed E-state index contributed by atoms with van der Waals surface area (Å²) in [7, 11) is 0. The van der Waals surface area contributed by atoms with Gasteiger partial charge in [0.25, 0.3) is 5.91 Å². The van der Waals surface area contributed by atoms with Crippen molar-refractivity contribution in [2.24, 2.45) is 11.1 Å². The third-order valence-electron chi connectivity index (χ3n) is 4.64. The highest BCUT2D eigenvalue weighted by atomic mass is 16.6. The van der Waals surface area contributed by atoms with Gasteiger partial charge in [-0.15, -0.1) is 0 Å². The van der Waals surface area contributed by atoms with Gasteiger partial charge in [0.15, 0.2) is 6.10 Å². The van der Waals surface area contributed by atoms with Crippen LogP contribution in [-0.2, 0) is 4.84 Å². The fourth-order valence-electron chi connectivity index (χ4n) is 3.36. The molecule has 1 amide bonds. The number of hydrogen-bond donors (Lipinski definition) is 0. The van der Waals surface area contributed by atoms with Crippen LogP contribution in [0.25, 0.3) is 0 Å². The van der Waals surface area contributed by atoms with Crippen LogP contribution in [0, 0.1) is 12.8 Å². The Morgan fingerprint density at radius 1 is 1.09 bits per heavy atom. The number of benzene rings is 2. The zero-order chi connectivity index (χ0) is 15.8. The van der Waals surface area contributed by atoms with Gasteiger partial charge in [-0.1, -0.05) is 53.7 Å². The first-order valence-electron chi connectivity index (χ1n) is 7.88. The lowest BCUT2D eigenvalue weighted by molar-refractivity contribution is 0.0631. The number of likely N-dealkylation sites (tertiary alicyclic amines) is 1. The molecule has 4 nitrogen and oxygen atoms in total. The number of fused-ring (bicyclic) bond motifs is 1. The van der Waals surface area contributed by atoms with Crippen molar-refractivity contribution < 1.29 is 9.63 Å². The van der Waals surface area contributed by atoms with E-state index in [9.17, 15) is 4.79 Å². The van der Waals surface area contributed by atoms with E-state index in [4.69, 9.17) is 4.84 Å². The molecule has 0 saturated carbocycles. The van der Waals surface area contributed by atoms with Crippen LogP contribution in [0.15, 0.2) is 59.8 Å². The zero-order valence-electron chi connectivity index (χ0n) is 13.0. The lowest BCUT2D eigenvalue weighted by Gasteiger charge is -2.18. The Morgan fingerprint density at radius 3 is 2.61 bits per heavy atom. The maximum absolute atomic E-state index is 12.8. The minimum absolute atomic E-state index is 0.0295. The Morgan fingerprint density at radius 2 is 1.83 bits per heavy atom. The Bertz CT molecular complexity index is 770. The molecule has 0 aromatic heterocycles. The molecule has 0 spiro atoms. The smallest absolute Gasteiger partial charge is 0.254 e. The van der Waals surface area contributed by atoms with Gasteiger partial charge in [-0.25, -0.2) is 0 Å². The highest BCUT2D eigenvalue weighted by molar-refractivity contribution is 6.04. The van der Waals surface area contributed by atoms with Crippen LogP contribution in [0.5, 0.6) is 0 Å². The first-order chi connectivity index (χ1) is 11.2. The largest absolute Gasteiger partial charge is 0.390 e. The SMILES string of the molecule is Cc1ccccc1C(=O)N1CC2ON=C(c3ccccc3)C2C1. The van der Waals surface area contributed by atoms with E-state index < -0.39 is 0 Å². The summed E-state index contributed by atoms with van der Waals surface area (Å²) in [6.07, 6.45) is -0.0295. The van der Waals surface area contributed by atoms with Gasteiger partial charge in [0, 0.05) is 12.1 Å². The zero-order valence-corrected chi connectivity index (χ0v) is 13.0. The quantitative estimate of drug-likeness (QED) is 0.856. The van der Waals surface area contributed by atoms with Crippen molar-refractivity contribution in [1.82, 2.24) is 4.90 Å². The van der Waals surface area contributed by atoms with Crippen LogP contribution in [0.1, 0.15) is 21.5 Å². The number of oxime groups is 1. The van der Waals surface area contributed by atoms with Gasteiger partial charge < -0.3 is 9.74 Å². The number of amides is 1. The lowest BCUT2D eigenvalue weighted by Crippen LogP contribution is -2.31. The Labute approximate surface area is 135 Å². The Kier molecular flexibility index (Phi) is 3.37. The van der Waals surface area contributed by atoms with E-state index >= 15 is 0 Å². The predicted octanol–water partition coefficient (Wildman–Crippen LogP) is 2.87. The van der Waals surface area contributed by atoms with Crippen LogP contribution < -0.4 is 0 Å². The third kappa shape index (κ3) is 2.40. The first-order valence-corrected chi connectivity index (χ1v) is 7.88. The summed E-state index contributed by atoms with van der Waals surface area (Å²) in [6, 6.07) is 17.8. The molecule has 2 heterocycles. The van der Waals surface area contributed by atoms with E-state index in [0.29, 0.717) is 13.1 Å². The topological polar surface area (TPSA) is 41.9 Å². The molecule has 4 rings (SSSR count). The monoisotopic (exact) mass is 306 g/mol. The Balaban J connectivity index is 1.55. The van der Waals surface area contributed by atoms with Crippen molar-refractivity contribution in [1.29, 1.82) is 0 Å². The third-order valence-corrected chi connectivity index (χ3v) is 4.64. The summed E-state index contributed by atoms with van der Waals surface area (Å²) in [6.45, 7) is 3.22. The van der Waals surface area contributed by atoms with Crippen molar-refractivity contribution in [2.75, 3.05) is 13.1 Å². The lowest BCUT2D eigenvalue weighted by atomic mass is 9.95. The van der Waals surface area contributed by atoms with E-state index in [2.05, 4.69) is 5.16 Å². The average Bonchev–Trinajstić information content (AvgIpc) is 3.16. The molecule has 4 heteroatoms. The van der Waals surface area contributed by atoms with E-state index in [0.717, 1.165) is 22.4 Å². The van der Waals surface area contributed by atoms with Gasteiger partial charge in [-0.2, -0.15) is 0 Å². The van der Waals surface area contributed by atoms with Crippen molar-refractivity contribution in [3.8, 4) is 0 Å². The van der Waals surface area contributed by atoms with Crippen LogP contribution in [0.2, 0.25) is 0 Å². The van der Waals surface area contributed by atoms with Gasteiger partial charge in [0.1, 0.15) is 0 Å². The van der Waals surface area contributed by atoms with Gasteiger partial charge in [0.2, 0.25) is 0 Å². The van der Waals surface area contributed by atoms with Crippen LogP contribution >= 0.6 is 0 Å². The average molecular weight is 306 g/mol. The highest BCUT2D eigenvalue weighted by Gasteiger charge is 2.44. The van der Waals surface area contributed by atoms with E-state index in [1.165, 1.54) is 0 Å². The number of carbonyl (C=O) groups excluding carboxylic acids is 1. The fraction of sp³-hybridized carbons (Fsp3) is 0.263. The second-order valence-electron chi connectivity index (χ2n) is 6.12. The number of carbonyl (C=O) groups is 1. The Hall–Kier alpha value is -2.62. The number of hydrogen-bond acceptors (Lipinski definition) is 3. The second-order valence-corrected chi connectivity index (χ2v) is 6.12. The molecule has 0 N–H and O–H groups in total. The molecule has 1 fully saturated rings. The molecule has 2 aliphatic heterocycles. The summed E-state index contributed by atoms with van der Waals surface area (Å²) >= 11 is 0. The maximum Gasteiger partial charge on any atom is 0.254 e. The van der Waals surface area contributed by atoms with E-state index in [1.807, 2.05) is 66.4 Å². The molecule has 23 heavy (non-hydrogen) atoms. The summed E-state index contributed by atoms with van der Waals surface area (Å²) in [5.41, 5.74) is 3.80. The summed E-state index contributed by atoms with van der Waals surface area (Å²) < 4.78 is 0. The number of aryl methyl sites for hydroxylation is 1. The predicted molar refractivity (Wildman–Crippen MR) is 88.4 cm³/mol. The number of nitrogens with zero attached hydrogens (tertiary/aromatic N) is 2. The molecule has 2 aliphatic rings. The molecule has 0 radical (unpaired) electrons. The molecular weight excluding hydrogens is 288 g/mol. The second kappa shape index (κ2) is 5.54. The molecule has 2 aromatic carbocycles. The summed E-state index contributed by atoms with van der Waals surface area (Å²) in [5.74, 6) is 0.235. The van der Waals surface area contributed by atoms with Gasteiger partial charge in [0.05, 0.1) is 18.2 Å². The number of rotatable bonds is 2. The van der Waals surface area contributed by atoms with Crippen LogP contribution in [0.4, 0.5) is 0 Å². The van der Waals surface area contributed by atoms with Crippen molar-refractivity contribution in [3.05, 3.63) is 71.3 Å². The van der Waals surface area contributed by atoms with Crippen molar-refractivity contribution in [2.45, 2.75) is 13.0 Å². The first kappa shape index (κ1) is 14.0. The van der Waals surface area contributed by atoms with Gasteiger partial charge in [-0.3, -0.25) is 4.79 Å². The minimum atomic E-state index is -0.0295. The standard InChI is InChI=1S/C19H18N2O2/c1-13-7-5-6-10-15(13)19(22)21-11-16-17(12-21)23-20-18(16)14-8-3-2-4-9-14/h2-10,16-17H,11-12H2,1H3. The van der Waals surface area contributed by atoms with E-state index in [1.54, 1.807) is 0 Å². The van der Waals surface area contributed by atoms with Gasteiger partial charge >= 0.3 is 0 Å². The van der Waals surface area contributed by atoms with Crippen LogP contribution in [-0.4, -0.2) is 35.7 Å². The summed E-state index contributed by atoms with van der Waals surface area (Å²) in [5, 5.41) is 4.25. The molecular formula is C19H18N2O2. The minimum Gasteiger partial charge on any atom is -0.390 e. The molecule has 2 aromatic rings. The normalized spacial score (nSPS) is 22.5. The molecule has 2 atom stereocenters. The molecule has 116 valence electrons. The van der Waals surface area contributed by atoms with Crippen LogP contribution in [0.3, 0.4) is 0 Å². The van der Waals surface area contributed by atoms with Gasteiger partial charge in [-0.05, 0) is 24.1 Å². The molecule has 1 saturated heterocycles. The fourth-order valence-corrected chi connectivity index (χ4v) is 3.36. The maximum atomic E-state index is 12.8. The van der Waals surface area contributed by atoms with E-state index in [-0.39, 0.29) is 17.9 Å². The van der Waals surface area contributed by atoms with Crippen molar-refractivity contribution in [3.63, 3.8) is 0 Å². The molecule has 0 bridgehead atoms. The highest BCUT2D eigenvalue weighted by Crippen LogP contribution is 2.31. The molecule has 0 aliphatic carbocycles.